The third-order valence-electron chi connectivity index (χ3n) is 5.04. The van der Waals surface area contributed by atoms with Crippen LogP contribution in [-0.2, 0) is 20.6 Å². The first-order valence-corrected chi connectivity index (χ1v) is 11.1. The van der Waals surface area contributed by atoms with E-state index in [0.717, 1.165) is 5.56 Å². The number of nitrogens with zero attached hydrogens (tertiary/aromatic N) is 3. The van der Waals surface area contributed by atoms with Crippen LogP contribution in [0.4, 0.5) is 5.69 Å². The van der Waals surface area contributed by atoms with Crippen LogP contribution in [0.15, 0.2) is 54.6 Å². The van der Waals surface area contributed by atoms with Gasteiger partial charge in [-0.2, -0.15) is 9.57 Å². The lowest BCUT2D eigenvalue weighted by Crippen LogP contribution is -2.54. The number of piperazine rings is 1. The van der Waals surface area contributed by atoms with Crippen LogP contribution in [-0.4, -0.2) is 55.8 Å². The first-order chi connectivity index (χ1) is 13.9. The number of nitrogens with one attached hydrogen (secondary N) is 1. The molecule has 1 aliphatic rings. The number of hydrogen-bond donors (Lipinski definition) is 1. The summed E-state index contributed by atoms with van der Waals surface area (Å²) >= 11 is 0. The van der Waals surface area contributed by atoms with E-state index in [9.17, 15) is 13.2 Å². The van der Waals surface area contributed by atoms with Crippen molar-refractivity contribution < 1.29 is 13.2 Å². The minimum atomic E-state index is -3.39. The molecule has 1 aliphatic heterocycles. The Morgan fingerprint density at radius 3 is 2.45 bits per heavy atom. The standard InChI is InChI=1S/C21H24N4O3S/c1-17(21(26)23-20-9-5-8-19(14-20)15-22)24-10-12-25(13-11-24)29(27,28)16-18-6-3-2-4-7-18/h2-9,14,17H,10-13,16H2,1H3,(H,23,26). The Balaban J connectivity index is 1.55. The van der Waals surface area contributed by atoms with Crippen LogP contribution in [0.2, 0.25) is 0 Å². The van der Waals surface area contributed by atoms with Crippen molar-refractivity contribution in [3.8, 4) is 6.07 Å². The van der Waals surface area contributed by atoms with E-state index in [1.807, 2.05) is 41.3 Å². The number of sulfonamides is 1. The van der Waals surface area contributed by atoms with Crippen molar-refractivity contribution in [3.63, 3.8) is 0 Å². The fraction of sp³-hybridized carbons (Fsp3) is 0.333. The van der Waals surface area contributed by atoms with Crippen molar-refractivity contribution in [3.05, 3.63) is 65.7 Å². The van der Waals surface area contributed by atoms with Crippen molar-refractivity contribution in [2.24, 2.45) is 0 Å². The van der Waals surface area contributed by atoms with E-state index >= 15 is 0 Å². The lowest BCUT2D eigenvalue weighted by molar-refractivity contribution is -0.121. The quantitative estimate of drug-likeness (QED) is 0.784. The zero-order valence-electron chi connectivity index (χ0n) is 16.3. The van der Waals surface area contributed by atoms with E-state index in [1.165, 1.54) is 4.31 Å². The number of benzene rings is 2. The largest absolute Gasteiger partial charge is 0.325 e. The number of carbonyl (C=O) groups is 1. The molecule has 0 aliphatic carbocycles. The van der Waals surface area contributed by atoms with Gasteiger partial charge in [0, 0.05) is 31.9 Å². The zero-order valence-corrected chi connectivity index (χ0v) is 17.1. The molecule has 1 heterocycles. The molecule has 8 heteroatoms. The molecule has 1 atom stereocenters. The molecular formula is C21H24N4O3S. The smallest absolute Gasteiger partial charge is 0.241 e. The SMILES string of the molecule is CC(C(=O)Nc1cccc(C#N)c1)N1CCN(S(=O)(=O)Cc2ccccc2)CC1. The molecule has 1 N–H and O–H groups in total. The minimum Gasteiger partial charge on any atom is -0.325 e. The summed E-state index contributed by atoms with van der Waals surface area (Å²) in [4.78, 5) is 14.5. The predicted octanol–water partition coefficient (Wildman–Crippen LogP) is 2.03. The summed E-state index contributed by atoms with van der Waals surface area (Å²) in [6, 6.07) is 17.5. The molecule has 1 unspecified atom stereocenters. The predicted molar refractivity (Wildman–Crippen MR) is 111 cm³/mol. The van der Waals surface area contributed by atoms with Crippen LogP contribution >= 0.6 is 0 Å². The number of amides is 1. The molecule has 0 spiro atoms. The normalized spacial score (nSPS) is 16.7. The van der Waals surface area contributed by atoms with Crippen molar-refractivity contribution >= 4 is 21.6 Å². The topological polar surface area (TPSA) is 93.5 Å². The van der Waals surface area contributed by atoms with Crippen LogP contribution in [0, 0.1) is 11.3 Å². The number of rotatable bonds is 6. The van der Waals surface area contributed by atoms with Gasteiger partial charge in [-0.15, -0.1) is 0 Å². The molecule has 1 fully saturated rings. The van der Waals surface area contributed by atoms with Gasteiger partial charge in [-0.3, -0.25) is 9.69 Å². The third-order valence-corrected chi connectivity index (χ3v) is 6.89. The van der Waals surface area contributed by atoms with E-state index in [2.05, 4.69) is 5.32 Å². The van der Waals surface area contributed by atoms with Gasteiger partial charge in [0.15, 0.2) is 0 Å². The average molecular weight is 413 g/mol. The van der Waals surface area contributed by atoms with Gasteiger partial charge in [0.2, 0.25) is 15.9 Å². The fourth-order valence-electron chi connectivity index (χ4n) is 3.32. The third kappa shape index (κ3) is 5.41. The van der Waals surface area contributed by atoms with Gasteiger partial charge in [-0.05, 0) is 30.7 Å². The summed E-state index contributed by atoms with van der Waals surface area (Å²) in [6.07, 6.45) is 0. The fourth-order valence-corrected chi connectivity index (χ4v) is 4.84. The van der Waals surface area contributed by atoms with E-state index in [-0.39, 0.29) is 11.7 Å². The maximum Gasteiger partial charge on any atom is 0.241 e. The highest BCUT2D eigenvalue weighted by molar-refractivity contribution is 7.88. The van der Waals surface area contributed by atoms with Crippen LogP contribution < -0.4 is 5.32 Å². The van der Waals surface area contributed by atoms with E-state index < -0.39 is 16.1 Å². The lowest BCUT2D eigenvalue weighted by atomic mass is 10.2. The Hall–Kier alpha value is -2.73. The molecule has 7 nitrogen and oxygen atoms in total. The van der Waals surface area contributed by atoms with Crippen LogP contribution in [0.25, 0.3) is 0 Å². The Kier molecular flexibility index (Phi) is 6.64. The summed E-state index contributed by atoms with van der Waals surface area (Å²) in [6.45, 7) is 3.49. The van der Waals surface area contributed by atoms with Crippen molar-refractivity contribution in [2.45, 2.75) is 18.7 Å². The van der Waals surface area contributed by atoms with E-state index in [4.69, 9.17) is 5.26 Å². The number of anilines is 1. The van der Waals surface area contributed by atoms with Crippen LogP contribution in [0.3, 0.4) is 0 Å². The minimum absolute atomic E-state index is 0.0148. The van der Waals surface area contributed by atoms with Crippen LogP contribution in [0.1, 0.15) is 18.1 Å². The molecule has 2 aromatic carbocycles. The lowest BCUT2D eigenvalue weighted by Gasteiger charge is -2.36. The summed E-state index contributed by atoms with van der Waals surface area (Å²) in [7, 11) is -3.39. The zero-order chi connectivity index (χ0) is 20.9. The Bertz CT molecular complexity index is 994. The molecule has 2 aromatic rings. The molecule has 0 saturated carbocycles. The van der Waals surface area contributed by atoms with Gasteiger partial charge in [-0.25, -0.2) is 8.42 Å². The second-order valence-electron chi connectivity index (χ2n) is 7.03. The monoisotopic (exact) mass is 412 g/mol. The molecule has 152 valence electrons. The van der Waals surface area contributed by atoms with Crippen molar-refractivity contribution in [1.29, 1.82) is 5.26 Å². The maximum absolute atomic E-state index is 12.7. The second kappa shape index (κ2) is 9.18. The molecule has 1 amide bonds. The Morgan fingerprint density at radius 1 is 1.10 bits per heavy atom. The van der Waals surface area contributed by atoms with Crippen molar-refractivity contribution in [2.75, 3.05) is 31.5 Å². The van der Waals surface area contributed by atoms with Gasteiger partial charge < -0.3 is 5.32 Å². The summed E-state index contributed by atoms with van der Waals surface area (Å²) < 4.78 is 26.8. The number of hydrogen-bond acceptors (Lipinski definition) is 5. The van der Waals surface area contributed by atoms with Gasteiger partial charge in [-0.1, -0.05) is 36.4 Å². The highest BCUT2D eigenvalue weighted by Gasteiger charge is 2.30. The first-order valence-electron chi connectivity index (χ1n) is 9.46. The molecule has 3 rings (SSSR count). The molecule has 0 bridgehead atoms. The number of carbonyl (C=O) groups excluding carboxylic acids is 1. The highest BCUT2D eigenvalue weighted by Crippen LogP contribution is 2.16. The van der Waals surface area contributed by atoms with Gasteiger partial charge in [0.25, 0.3) is 0 Å². The summed E-state index contributed by atoms with van der Waals surface area (Å²) in [5.74, 6) is -0.195. The number of nitriles is 1. The van der Waals surface area contributed by atoms with E-state index in [0.29, 0.717) is 37.4 Å². The van der Waals surface area contributed by atoms with Crippen LogP contribution in [0.5, 0.6) is 0 Å². The van der Waals surface area contributed by atoms with Crippen molar-refractivity contribution in [1.82, 2.24) is 9.21 Å². The highest BCUT2D eigenvalue weighted by atomic mass is 32.2. The Labute approximate surface area is 171 Å². The molecule has 0 radical (unpaired) electrons. The second-order valence-corrected chi connectivity index (χ2v) is 9.00. The molecule has 0 aromatic heterocycles. The maximum atomic E-state index is 12.7. The Morgan fingerprint density at radius 2 is 1.79 bits per heavy atom. The van der Waals surface area contributed by atoms with Gasteiger partial charge >= 0.3 is 0 Å². The summed E-state index contributed by atoms with van der Waals surface area (Å²) in [5.41, 5.74) is 1.82. The first kappa shape index (κ1) is 21.0. The summed E-state index contributed by atoms with van der Waals surface area (Å²) in [5, 5.41) is 11.8. The van der Waals surface area contributed by atoms with E-state index in [1.54, 1.807) is 31.2 Å². The van der Waals surface area contributed by atoms with Gasteiger partial charge in [0.1, 0.15) is 0 Å². The average Bonchev–Trinajstić information content (AvgIpc) is 2.74. The molecule has 1 saturated heterocycles. The molecule has 29 heavy (non-hydrogen) atoms. The van der Waals surface area contributed by atoms with Gasteiger partial charge in [0.05, 0.1) is 23.4 Å². The molecular weight excluding hydrogens is 388 g/mol.